The summed E-state index contributed by atoms with van der Waals surface area (Å²) in [6.45, 7) is 3.15. The van der Waals surface area contributed by atoms with Crippen LogP contribution in [-0.2, 0) is 4.74 Å². The molecule has 11 heavy (non-hydrogen) atoms. The van der Waals surface area contributed by atoms with E-state index in [1.807, 2.05) is 0 Å². The number of hydrogen-bond donors (Lipinski definition) is 2. The predicted molar refractivity (Wildman–Crippen MR) is 47.0 cm³/mol. The summed E-state index contributed by atoms with van der Waals surface area (Å²) in [5.74, 6) is 0.159. The fraction of sp³-hybridized carbons (Fsp3) is 0.833. The minimum atomic E-state index is -0.119. The summed E-state index contributed by atoms with van der Waals surface area (Å²) in [5.41, 5.74) is 5.32. The maximum Gasteiger partial charge on any atom is 0.123 e. The molecule has 4 nitrogen and oxygen atoms in total. The zero-order valence-corrected chi connectivity index (χ0v) is 7.80. The smallest absolute Gasteiger partial charge is 0.123 e. The van der Waals surface area contributed by atoms with E-state index in [2.05, 4.69) is 20.8 Å². The van der Waals surface area contributed by atoms with E-state index in [0.29, 0.717) is 0 Å². The molecule has 0 aromatic carbocycles. The number of nitrogens with two attached hydrogens (primary N) is 1. The molecule has 0 spiro atoms. The minimum Gasteiger partial charge on any atom is -0.386 e. The van der Waals surface area contributed by atoms with Crippen LogP contribution >= 0.6 is 15.9 Å². The Morgan fingerprint density at radius 3 is 2.55 bits per heavy atom. The summed E-state index contributed by atoms with van der Waals surface area (Å²) >= 11 is 3.32. The highest BCUT2D eigenvalue weighted by molar-refractivity contribution is 9.09. The molecule has 1 rings (SSSR count). The molecule has 0 aromatic rings. The first-order valence-electron chi connectivity index (χ1n) is 3.51. The van der Waals surface area contributed by atoms with Crippen LogP contribution in [0.2, 0.25) is 0 Å². The molecular weight excluding hydrogens is 210 g/mol. The summed E-state index contributed by atoms with van der Waals surface area (Å²) in [6.07, 6.45) is 0. The van der Waals surface area contributed by atoms with E-state index in [0.717, 1.165) is 26.3 Å². The fourth-order valence-corrected chi connectivity index (χ4v) is 1.41. The molecule has 1 heterocycles. The molecule has 0 bridgehead atoms. The first-order valence-corrected chi connectivity index (χ1v) is 4.43. The Kier molecular flexibility index (Phi) is 3.29. The summed E-state index contributed by atoms with van der Waals surface area (Å²) < 4.78 is 5.16. The van der Waals surface area contributed by atoms with Gasteiger partial charge in [-0.2, -0.15) is 0 Å². The van der Waals surface area contributed by atoms with Gasteiger partial charge in [0.1, 0.15) is 10.8 Å². The SMILES string of the molecule is N=C(N)C(Br)N1CCOCC1. The first-order chi connectivity index (χ1) is 5.22. The standard InChI is InChI=1S/C6H12BrN3O/c7-5(6(8)9)10-1-3-11-4-2-10/h5H,1-4H2,(H3,8,9). The molecule has 0 aliphatic carbocycles. The van der Waals surface area contributed by atoms with Gasteiger partial charge in [-0.3, -0.25) is 10.3 Å². The Morgan fingerprint density at radius 1 is 1.55 bits per heavy atom. The Balaban J connectivity index is 2.38. The monoisotopic (exact) mass is 221 g/mol. The number of amidine groups is 1. The van der Waals surface area contributed by atoms with Crippen molar-refractivity contribution in [3.05, 3.63) is 0 Å². The Hall–Kier alpha value is -0.130. The molecule has 1 fully saturated rings. The Labute approximate surface area is 74.3 Å². The second kappa shape index (κ2) is 4.04. The number of halogens is 1. The molecule has 1 atom stereocenters. The van der Waals surface area contributed by atoms with Crippen LogP contribution in [-0.4, -0.2) is 42.0 Å². The van der Waals surface area contributed by atoms with Gasteiger partial charge in [-0.1, -0.05) is 15.9 Å². The molecule has 0 radical (unpaired) electrons. The van der Waals surface area contributed by atoms with Crippen molar-refractivity contribution in [1.82, 2.24) is 4.90 Å². The van der Waals surface area contributed by atoms with E-state index >= 15 is 0 Å². The Morgan fingerprint density at radius 2 is 2.09 bits per heavy atom. The third-order valence-corrected chi connectivity index (χ3v) is 2.70. The van der Waals surface area contributed by atoms with Gasteiger partial charge in [-0.15, -0.1) is 0 Å². The molecule has 0 saturated carbocycles. The largest absolute Gasteiger partial charge is 0.386 e. The highest BCUT2D eigenvalue weighted by Gasteiger charge is 2.19. The Bertz CT molecular complexity index is 147. The minimum absolute atomic E-state index is 0.119. The fourth-order valence-electron chi connectivity index (χ4n) is 1.00. The van der Waals surface area contributed by atoms with Crippen molar-refractivity contribution < 1.29 is 4.74 Å². The second-order valence-electron chi connectivity index (χ2n) is 2.44. The van der Waals surface area contributed by atoms with E-state index in [9.17, 15) is 0 Å². The summed E-state index contributed by atoms with van der Waals surface area (Å²) in [5, 5.41) is 7.19. The van der Waals surface area contributed by atoms with Crippen molar-refractivity contribution in [3.8, 4) is 0 Å². The van der Waals surface area contributed by atoms with Crippen molar-refractivity contribution in [2.24, 2.45) is 5.73 Å². The van der Waals surface area contributed by atoms with E-state index in [4.69, 9.17) is 15.9 Å². The lowest BCUT2D eigenvalue weighted by atomic mass is 10.4. The third kappa shape index (κ3) is 2.43. The number of alkyl halides is 1. The molecule has 0 aromatic heterocycles. The highest BCUT2D eigenvalue weighted by atomic mass is 79.9. The number of ether oxygens (including phenoxy) is 1. The predicted octanol–water partition coefficient (Wildman–Crippen LogP) is -0.0244. The van der Waals surface area contributed by atoms with E-state index in [1.54, 1.807) is 0 Å². The molecule has 1 aliphatic rings. The van der Waals surface area contributed by atoms with Crippen LogP contribution in [0.3, 0.4) is 0 Å². The maximum atomic E-state index is 7.19. The van der Waals surface area contributed by atoms with Crippen LogP contribution in [0.4, 0.5) is 0 Å². The van der Waals surface area contributed by atoms with Gasteiger partial charge in [0.15, 0.2) is 0 Å². The van der Waals surface area contributed by atoms with Crippen LogP contribution in [0.5, 0.6) is 0 Å². The summed E-state index contributed by atoms with van der Waals surface area (Å²) in [6, 6.07) is 0. The van der Waals surface area contributed by atoms with Crippen LogP contribution in [0.25, 0.3) is 0 Å². The zero-order valence-electron chi connectivity index (χ0n) is 6.22. The van der Waals surface area contributed by atoms with E-state index in [1.165, 1.54) is 0 Å². The normalized spacial score (nSPS) is 23.0. The molecular formula is C6H12BrN3O. The number of nitrogens with zero attached hydrogens (tertiary/aromatic N) is 1. The molecule has 64 valence electrons. The van der Waals surface area contributed by atoms with Gasteiger partial charge in [0.25, 0.3) is 0 Å². The lowest BCUT2D eigenvalue weighted by molar-refractivity contribution is 0.0415. The lowest BCUT2D eigenvalue weighted by Crippen LogP contribution is -2.46. The van der Waals surface area contributed by atoms with Crippen molar-refractivity contribution in [1.29, 1.82) is 5.41 Å². The van der Waals surface area contributed by atoms with Gasteiger partial charge in [0.2, 0.25) is 0 Å². The lowest BCUT2D eigenvalue weighted by Gasteiger charge is -2.30. The second-order valence-corrected chi connectivity index (χ2v) is 3.31. The summed E-state index contributed by atoms with van der Waals surface area (Å²) in [7, 11) is 0. The van der Waals surface area contributed by atoms with Gasteiger partial charge in [-0.25, -0.2) is 0 Å². The molecule has 5 heteroatoms. The van der Waals surface area contributed by atoms with Crippen LogP contribution in [0, 0.1) is 5.41 Å². The average Bonchev–Trinajstić information content (AvgIpc) is 2.05. The van der Waals surface area contributed by atoms with Gasteiger partial charge in [0.05, 0.1) is 13.2 Å². The van der Waals surface area contributed by atoms with Crippen molar-refractivity contribution in [2.75, 3.05) is 26.3 Å². The third-order valence-electron chi connectivity index (χ3n) is 1.62. The molecule has 3 N–H and O–H groups in total. The highest BCUT2D eigenvalue weighted by Crippen LogP contribution is 2.08. The number of morpholine rings is 1. The van der Waals surface area contributed by atoms with Crippen molar-refractivity contribution in [2.45, 2.75) is 4.95 Å². The molecule has 1 aliphatic heterocycles. The van der Waals surface area contributed by atoms with Gasteiger partial charge in [-0.05, 0) is 0 Å². The van der Waals surface area contributed by atoms with E-state index in [-0.39, 0.29) is 10.8 Å². The summed E-state index contributed by atoms with van der Waals surface area (Å²) in [4.78, 5) is 1.96. The molecule has 1 unspecified atom stereocenters. The van der Waals surface area contributed by atoms with Crippen LogP contribution in [0.1, 0.15) is 0 Å². The topological polar surface area (TPSA) is 62.3 Å². The number of rotatable bonds is 2. The average molecular weight is 222 g/mol. The first kappa shape index (κ1) is 8.96. The molecule has 0 amide bonds. The van der Waals surface area contributed by atoms with E-state index < -0.39 is 0 Å². The van der Waals surface area contributed by atoms with Crippen LogP contribution < -0.4 is 5.73 Å². The number of hydrogen-bond acceptors (Lipinski definition) is 3. The van der Waals surface area contributed by atoms with Crippen molar-refractivity contribution >= 4 is 21.8 Å². The number of nitrogens with one attached hydrogen (secondary N) is 1. The maximum absolute atomic E-state index is 7.19. The van der Waals surface area contributed by atoms with Gasteiger partial charge >= 0.3 is 0 Å². The van der Waals surface area contributed by atoms with Crippen LogP contribution in [0.15, 0.2) is 0 Å². The van der Waals surface area contributed by atoms with Gasteiger partial charge in [0, 0.05) is 13.1 Å². The van der Waals surface area contributed by atoms with Crippen molar-refractivity contribution in [3.63, 3.8) is 0 Å². The zero-order chi connectivity index (χ0) is 8.27. The van der Waals surface area contributed by atoms with Gasteiger partial charge < -0.3 is 10.5 Å². The molecule has 1 saturated heterocycles. The quantitative estimate of drug-likeness (QED) is 0.298.